The van der Waals surface area contributed by atoms with Crippen LogP contribution >= 0.6 is 0 Å². The number of ether oxygens (including phenoxy) is 1. The number of benzene rings is 1. The molecule has 0 radical (unpaired) electrons. The Labute approximate surface area is 116 Å². The van der Waals surface area contributed by atoms with Crippen LogP contribution in [0.3, 0.4) is 0 Å². The monoisotopic (exact) mass is 266 g/mol. The van der Waals surface area contributed by atoms with Gasteiger partial charge in [-0.2, -0.15) is 0 Å². The predicted octanol–water partition coefficient (Wildman–Crippen LogP) is 2.87. The summed E-state index contributed by atoms with van der Waals surface area (Å²) < 4.78 is 5.65. The number of nitrogens with two attached hydrogens (primary N) is 1. The zero-order valence-corrected chi connectivity index (χ0v) is 12.3. The Hall–Kier alpha value is -1.42. The van der Waals surface area contributed by atoms with Gasteiger partial charge in [-0.25, -0.2) is 0 Å². The van der Waals surface area contributed by atoms with Gasteiger partial charge in [0.25, 0.3) is 0 Å². The molecule has 0 aliphatic rings. The fraction of sp³-hybridized carbons (Fsp3) is 0.600. The molecule has 1 rings (SSSR count). The first kappa shape index (κ1) is 15.6. The Kier molecular flexibility index (Phi) is 5.96. The van der Waals surface area contributed by atoms with Gasteiger partial charge in [0.2, 0.25) is 0 Å². The normalized spacial score (nSPS) is 12.8. The third kappa shape index (κ3) is 5.39. The van der Waals surface area contributed by atoms with E-state index in [1.165, 1.54) is 0 Å². The molecule has 108 valence electrons. The fourth-order valence-electron chi connectivity index (χ4n) is 1.96. The molecule has 0 saturated heterocycles. The van der Waals surface area contributed by atoms with Crippen LogP contribution in [0.4, 0.5) is 11.4 Å². The maximum Gasteiger partial charge on any atom is 0.144 e. The Morgan fingerprint density at radius 1 is 1.26 bits per heavy atom. The third-order valence-corrected chi connectivity index (χ3v) is 2.72. The van der Waals surface area contributed by atoms with E-state index in [1.54, 1.807) is 0 Å². The van der Waals surface area contributed by atoms with Crippen LogP contribution in [0.5, 0.6) is 5.75 Å². The van der Waals surface area contributed by atoms with Crippen LogP contribution in [0.15, 0.2) is 18.2 Å². The van der Waals surface area contributed by atoms with Crippen molar-refractivity contribution in [2.24, 2.45) is 5.92 Å². The second-order valence-electron chi connectivity index (χ2n) is 5.57. The lowest BCUT2D eigenvalue weighted by Gasteiger charge is -2.20. The largest absolute Gasteiger partial charge is 0.489 e. The zero-order chi connectivity index (χ0) is 14.4. The van der Waals surface area contributed by atoms with Crippen LogP contribution < -0.4 is 15.8 Å². The summed E-state index contributed by atoms with van der Waals surface area (Å²) in [6.45, 7) is 8.33. The number of hydrogen-bond donors (Lipinski definition) is 3. The zero-order valence-electron chi connectivity index (χ0n) is 12.3. The first-order valence-electron chi connectivity index (χ1n) is 6.86. The molecule has 1 unspecified atom stereocenters. The molecule has 0 spiro atoms. The molecule has 1 aromatic rings. The van der Waals surface area contributed by atoms with Crippen LogP contribution in [0, 0.1) is 5.92 Å². The topological polar surface area (TPSA) is 67.5 Å². The van der Waals surface area contributed by atoms with E-state index in [2.05, 4.69) is 19.2 Å². The molecule has 19 heavy (non-hydrogen) atoms. The van der Waals surface area contributed by atoms with Crippen molar-refractivity contribution in [1.82, 2.24) is 0 Å². The maximum absolute atomic E-state index is 9.39. The van der Waals surface area contributed by atoms with Crippen molar-refractivity contribution >= 4 is 11.4 Å². The smallest absolute Gasteiger partial charge is 0.144 e. The van der Waals surface area contributed by atoms with E-state index in [1.807, 2.05) is 32.0 Å². The molecule has 1 aromatic carbocycles. The highest BCUT2D eigenvalue weighted by Gasteiger charge is 2.11. The molecule has 0 fully saturated rings. The van der Waals surface area contributed by atoms with Crippen molar-refractivity contribution in [3.05, 3.63) is 18.2 Å². The first-order valence-corrected chi connectivity index (χ1v) is 6.86. The molecule has 4 N–H and O–H groups in total. The van der Waals surface area contributed by atoms with E-state index in [0.29, 0.717) is 17.4 Å². The number of nitrogen functional groups attached to an aromatic ring is 1. The molecule has 1 atom stereocenters. The van der Waals surface area contributed by atoms with Crippen LogP contribution in [0.25, 0.3) is 0 Å². The van der Waals surface area contributed by atoms with Gasteiger partial charge in [0.15, 0.2) is 0 Å². The lowest BCUT2D eigenvalue weighted by molar-refractivity contribution is 0.243. The SMILES string of the molecule is CC(C)CC(CO)Nc1ccc(N)c(OC(C)C)c1. The van der Waals surface area contributed by atoms with Gasteiger partial charge >= 0.3 is 0 Å². The average Bonchev–Trinajstić information content (AvgIpc) is 2.31. The summed E-state index contributed by atoms with van der Waals surface area (Å²) in [5.74, 6) is 1.21. The number of nitrogens with one attached hydrogen (secondary N) is 1. The minimum Gasteiger partial charge on any atom is -0.489 e. The second kappa shape index (κ2) is 7.24. The number of anilines is 2. The Morgan fingerprint density at radius 3 is 2.47 bits per heavy atom. The van der Waals surface area contributed by atoms with Gasteiger partial charge in [0.1, 0.15) is 5.75 Å². The minimum atomic E-state index is 0.0514. The van der Waals surface area contributed by atoms with Gasteiger partial charge in [-0.15, -0.1) is 0 Å². The van der Waals surface area contributed by atoms with E-state index in [0.717, 1.165) is 12.1 Å². The summed E-state index contributed by atoms with van der Waals surface area (Å²) in [6.07, 6.45) is 1.00. The second-order valence-corrected chi connectivity index (χ2v) is 5.57. The lowest BCUT2D eigenvalue weighted by atomic mass is 10.0. The summed E-state index contributed by atoms with van der Waals surface area (Å²) in [5.41, 5.74) is 7.43. The Morgan fingerprint density at radius 2 is 1.95 bits per heavy atom. The van der Waals surface area contributed by atoms with Crippen LogP contribution in [-0.2, 0) is 0 Å². The highest BCUT2D eigenvalue weighted by molar-refractivity contribution is 5.61. The molecule has 4 nitrogen and oxygen atoms in total. The van der Waals surface area contributed by atoms with Gasteiger partial charge in [-0.3, -0.25) is 0 Å². The highest BCUT2D eigenvalue weighted by atomic mass is 16.5. The van der Waals surface area contributed by atoms with Crippen LogP contribution in [0.1, 0.15) is 34.1 Å². The van der Waals surface area contributed by atoms with Crippen molar-refractivity contribution in [2.45, 2.75) is 46.3 Å². The van der Waals surface area contributed by atoms with Crippen molar-refractivity contribution in [3.63, 3.8) is 0 Å². The number of aliphatic hydroxyl groups is 1. The summed E-state index contributed by atoms with van der Waals surface area (Å²) in [7, 11) is 0. The molecule has 0 aliphatic heterocycles. The van der Waals surface area contributed by atoms with Gasteiger partial charge in [0.05, 0.1) is 18.4 Å². The molecule has 0 bridgehead atoms. The fourth-order valence-corrected chi connectivity index (χ4v) is 1.96. The van der Waals surface area contributed by atoms with Gasteiger partial charge in [-0.05, 0) is 38.3 Å². The lowest BCUT2D eigenvalue weighted by Crippen LogP contribution is -2.25. The first-order chi connectivity index (χ1) is 8.92. The molecule has 0 aromatic heterocycles. The van der Waals surface area contributed by atoms with Crippen molar-refractivity contribution in [2.75, 3.05) is 17.7 Å². The average molecular weight is 266 g/mol. The van der Waals surface area contributed by atoms with Crippen molar-refractivity contribution < 1.29 is 9.84 Å². The predicted molar refractivity (Wildman–Crippen MR) is 80.6 cm³/mol. The number of aliphatic hydroxyl groups excluding tert-OH is 1. The maximum atomic E-state index is 9.39. The summed E-state index contributed by atoms with van der Waals surface area (Å²) >= 11 is 0. The van der Waals surface area contributed by atoms with E-state index in [4.69, 9.17) is 10.5 Å². The van der Waals surface area contributed by atoms with Gasteiger partial charge in [0, 0.05) is 17.8 Å². The molecule has 0 saturated carbocycles. The number of hydrogen-bond acceptors (Lipinski definition) is 4. The van der Waals surface area contributed by atoms with E-state index >= 15 is 0 Å². The highest BCUT2D eigenvalue weighted by Crippen LogP contribution is 2.27. The van der Waals surface area contributed by atoms with Gasteiger partial charge in [-0.1, -0.05) is 13.8 Å². The summed E-state index contributed by atoms with van der Waals surface area (Å²) in [6, 6.07) is 5.67. The summed E-state index contributed by atoms with van der Waals surface area (Å²) in [5, 5.41) is 12.7. The molecule has 0 heterocycles. The van der Waals surface area contributed by atoms with Crippen LogP contribution in [0.2, 0.25) is 0 Å². The minimum absolute atomic E-state index is 0.0514. The van der Waals surface area contributed by atoms with Crippen molar-refractivity contribution in [1.29, 1.82) is 0 Å². The molecule has 4 heteroatoms. The molecule has 0 aliphatic carbocycles. The van der Waals surface area contributed by atoms with Crippen LogP contribution in [-0.4, -0.2) is 23.9 Å². The third-order valence-electron chi connectivity index (χ3n) is 2.72. The molecular weight excluding hydrogens is 240 g/mol. The quantitative estimate of drug-likeness (QED) is 0.664. The Bertz CT molecular complexity index is 392. The molecular formula is C15H26N2O2. The molecule has 0 amide bonds. The van der Waals surface area contributed by atoms with E-state index < -0.39 is 0 Å². The Balaban J connectivity index is 2.77. The van der Waals surface area contributed by atoms with E-state index in [-0.39, 0.29) is 18.8 Å². The van der Waals surface area contributed by atoms with E-state index in [9.17, 15) is 5.11 Å². The van der Waals surface area contributed by atoms with Gasteiger partial charge < -0.3 is 20.9 Å². The van der Waals surface area contributed by atoms with Crippen molar-refractivity contribution in [3.8, 4) is 5.75 Å². The number of rotatable bonds is 7. The summed E-state index contributed by atoms with van der Waals surface area (Å²) in [4.78, 5) is 0. The standard InChI is InChI=1S/C15H26N2O2/c1-10(2)7-13(9-18)17-12-5-6-14(16)15(8-12)19-11(3)4/h5-6,8,10-11,13,17-18H,7,9,16H2,1-4H3.